The molecule has 5 aromatic rings. The zero-order valence-electron chi connectivity index (χ0n) is 19.1. The van der Waals surface area contributed by atoms with Crippen LogP contribution in [0.15, 0.2) is 91.1 Å². The lowest BCUT2D eigenvalue weighted by Crippen LogP contribution is -2.13. The molecule has 0 atom stereocenters. The van der Waals surface area contributed by atoms with E-state index in [0.29, 0.717) is 11.3 Å². The van der Waals surface area contributed by atoms with Crippen LogP contribution in [0.5, 0.6) is 0 Å². The quantitative estimate of drug-likeness (QED) is 0.240. The van der Waals surface area contributed by atoms with Crippen LogP contribution in [-0.4, -0.2) is 15.9 Å². The van der Waals surface area contributed by atoms with Crippen LogP contribution in [0.1, 0.15) is 21.5 Å². The van der Waals surface area contributed by atoms with Gasteiger partial charge in [0.15, 0.2) is 0 Å². The molecular formula is C28H21F3N4O. The van der Waals surface area contributed by atoms with E-state index in [2.05, 4.69) is 15.6 Å². The predicted molar refractivity (Wildman–Crippen MR) is 135 cm³/mol. The predicted octanol–water partition coefficient (Wildman–Crippen LogP) is 7.55. The number of aryl methyl sites for hydroxylation is 1. The van der Waals surface area contributed by atoms with E-state index in [4.69, 9.17) is 4.98 Å². The van der Waals surface area contributed by atoms with Gasteiger partial charge in [-0.15, -0.1) is 0 Å². The van der Waals surface area contributed by atoms with Crippen LogP contribution in [0.25, 0.3) is 22.3 Å². The Kier molecular flexibility index (Phi) is 5.93. The number of benzene rings is 3. The van der Waals surface area contributed by atoms with Crippen LogP contribution >= 0.6 is 0 Å². The minimum Gasteiger partial charge on any atom is -0.355 e. The first-order chi connectivity index (χ1) is 17.3. The molecule has 3 aromatic carbocycles. The summed E-state index contributed by atoms with van der Waals surface area (Å²) < 4.78 is 39.1. The summed E-state index contributed by atoms with van der Waals surface area (Å²) in [5, 5.41) is 6.85. The van der Waals surface area contributed by atoms with E-state index in [1.54, 1.807) is 18.2 Å². The van der Waals surface area contributed by atoms with Gasteiger partial charge in [-0.1, -0.05) is 42.5 Å². The van der Waals surface area contributed by atoms with Crippen LogP contribution in [0.3, 0.4) is 0 Å². The zero-order chi connectivity index (χ0) is 25.3. The van der Waals surface area contributed by atoms with E-state index >= 15 is 0 Å². The number of anilines is 3. The molecule has 0 spiro atoms. The minimum absolute atomic E-state index is 0.0700. The maximum atomic E-state index is 13.0. The number of carbonyl (C=O) groups excluding carboxylic acids is 1. The van der Waals surface area contributed by atoms with Gasteiger partial charge in [-0.3, -0.25) is 4.79 Å². The first kappa shape index (κ1) is 23.2. The molecule has 36 heavy (non-hydrogen) atoms. The number of pyridine rings is 1. The van der Waals surface area contributed by atoms with Gasteiger partial charge in [0.1, 0.15) is 5.65 Å². The van der Waals surface area contributed by atoms with Gasteiger partial charge in [-0.05, 0) is 55.0 Å². The number of rotatable bonds is 5. The number of H-pyrrole nitrogens is 1. The molecule has 0 saturated heterocycles. The fraction of sp³-hybridized carbons (Fsp3) is 0.0714. The van der Waals surface area contributed by atoms with Gasteiger partial charge in [0.25, 0.3) is 5.91 Å². The summed E-state index contributed by atoms with van der Waals surface area (Å²) in [6.45, 7) is 1.91. The normalized spacial score (nSPS) is 11.4. The fourth-order valence-electron chi connectivity index (χ4n) is 3.92. The highest BCUT2D eigenvalue weighted by atomic mass is 19.4. The second-order valence-corrected chi connectivity index (χ2v) is 8.35. The highest BCUT2D eigenvalue weighted by Gasteiger charge is 2.30. The lowest BCUT2D eigenvalue weighted by molar-refractivity contribution is -0.137. The number of halogens is 3. The maximum Gasteiger partial charge on any atom is 0.416 e. The Balaban J connectivity index is 1.45. The zero-order valence-corrected chi connectivity index (χ0v) is 19.1. The Labute approximate surface area is 205 Å². The highest BCUT2D eigenvalue weighted by molar-refractivity contribution is 6.05. The molecule has 5 nitrogen and oxygen atoms in total. The first-order valence-corrected chi connectivity index (χ1v) is 11.2. The number of nitrogens with one attached hydrogen (secondary N) is 3. The van der Waals surface area contributed by atoms with Gasteiger partial charge < -0.3 is 15.6 Å². The SMILES string of the molecule is Cc1ccc(C(=O)Nc2cccc(C(F)(F)F)c2)cc1Nc1cc(-c2ccccc2)nc2[nH]ccc12. The number of nitrogens with zero attached hydrogens (tertiary/aromatic N) is 1. The van der Waals surface area contributed by atoms with Crippen LogP contribution in [0.2, 0.25) is 0 Å². The van der Waals surface area contributed by atoms with Crippen molar-refractivity contribution in [1.82, 2.24) is 9.97 Å². The van der Waals surface area contributed by atoms with Crippen molar-refractivity contribution in [3.63, 3.8) is 0 Å². The molecule has 0 unspecified atom stereocenters. The smallest absolute Gasteiger partial charge is 0.355 e. The molecular weight excluding hydrogens is 465 g/mol. The number of fused-ring (bicyclic) bond motifs is 1. The van der Waals surface area contributed by atoms with Crippen LogP contribution in [0.4, 0.5) is 30.2 Å². The van der Waals surface area contributed by atoms with Gasteiger partial charge in [-0.2, -0.15) is 13.2 Å². The molecule has 2 heterocycles. The average molecular weight is 486 g/mol. The van der Waals surface area contributed by atoms with Gasteiger partial charge >= 0.3 is 6.18 Å². The van der Waals surface area contributed by atoms with Crippen molar-refractivity contribution in [2.24, 2.45) is 0 Å². The van der Waals surface area contributed by atoms with Crippen molar-refractivity contribution >= 4 is 34.0 Å². The summed E-state index contributed by atoms with van der Waals surface area (Å²) in [5.41, 5.74) is 4.41. The average Bonchev–Trinajstić information content (AvgIpc) is 3.35. The van der Waals surface area contributed by atoms with Crippen molar-refractivity contribution in [1.29, 1.82) is 0 Å². The Morgan fingerprint density at radius 2 is 1.69 bits per heavy atom. The van der Waals surface area contributed by atoms with Crippen molar-refractivity contribution < 1.29 is 18.0 Å². The van der Waals surface area contributed by atoms with Gasteiger partial charge in [0, 0.05) is 34.1 Å². The molecule has 0 aliphatic heterocycles. The Bertz CT molecular complexity index is 1560. The highest BCUT2D eigenvalue weighted by Crippen LogP contribution is 2.33. The number of aromatic amines is 1. The van der Waals surface area contributed by atoms with E-state index in [9.17, 15) is 18.0 Å². The van der Waals surface area contributed by atoms with Crippen molar-refractivity contribution in [2.45, 2.75) is 13.1 Å². The molecule has 5 rings (SSSR count). The third-order valence-electron chi connectivity index (χ3n) is 5.82. The Morgan fingerprint density at radius 1 is 0.889 bits per heavy atom. The van der Waals surface area contributed by atoms with E-state index in [0.717, 1.165) is 45.7 Å². The van der Waals surface area contributed by atoms with E-state index in [-0.39, 0.29) is 5.69 Å². The Morgan fingerprint density at radius 3 is 2.47 bits per heavy atom. The van der Waals surface area contributed by atoms with Crippen LogP contribution in [-0.2, 0) is 6.18 Å². The van der Waals surface area contributed by atoms with Crippen LogP contribution < -0.4 is 10.6 Å². The molecule has 0 aliphatic carbocycles. The number of amides is 1. The molecule has 0 bridgehead atoms. The molecule has 0 radical (unpaired) electrons. The van der Waals surface area contributed by atoms with E-state index < -0.39 is 17.6 Å². The standard InChI is InChI=1S/C28H21F3N4O/c1-17-10-11-19(27(36)33-21-9-5-8-20(15-21)28(29,30)31)14-23(17)34-25-16-24(18-6-3-2-4-7-18)35-26-22(25)12-13-32-26/h2-16H,1H3,(H,33,36)(H2,32,34,35). The molecule has 2 aromatic heterocycles. The molecule has 0 aliphatic rings. The monoisotopic (exact) mass is 486 g/mol. The molecule has 0 fully saturated rings. The molecule has 3 N–H and O–H groups in total. The number of alkyl halides is 3. The summed E-state index contributed by atoms with van der Waals surface area (Å²) in [6.07, 6.45) is -2.68. The van der Waals surface area contributed by atoms with Crippen molar-refractivity contribution in [3.8, 4) is 11.3 Å². The summed E-state index contributed by atoms with van der Waals surface area (Å²) in [6, 6.07) is 23.3. The summed E-state index contributed by atoms with van der Waals surface area (Å²) in [4.78, 5) is 20.7. The number of carbonyl (C=O) groups is 1. The largest absolute Gasteiger partial charge is 0.416 e. The Hall–Kier alpha value is -4.59. The number of hydrogen-bond donors (Lipinski definition) is 3. The molecule has 180 valence electrons. The molecule has 8 heteroatoms. The third kappa shape index (κ3) is 4.79. The summed E-state index contributed by atoms with van der Waals surface area (Å²) in [5.74, 6) is -0.510. The molecule has 0 saturated carbocycles. The maximum absolute atomic E-state index is 13.0. The number of hydrogen-bond acceptors (Lipinski definition) is 3. The lowest BCUT2D eigenvalue weighted by Gasteiger charge is -2.14. The summed E-state index contributed by atoms with van der Waals surface area (Å²) >= 11 is 0. The van der Waals surface area contributed by atoms with Crippen molar-refractivity contribution in [3.05, 3.63) is 108 Å². The van der Waals surface area contributed by atoms with Crippen LogP contribution in [0, 0.1) is 6.92 Å². The minimum atomic E-state index is -4.49. The second kappa shape index (κ2) is 9.22. The third-order valence-corrected chi connectivity index (χ3v) is 5.82. The van der Waals surface area contributed by atoms with Gasteiger partial charge in [0.05, 0.1) is 16.9 Å². The van der Waals surface area contributed by atoms with Crippen molar-refractivity contribution in [2.75, 3.05) is 10.6 Å². The van der Waals surface area contributed by atoms with E-state index in [1.807, 2.05) is 55.6 Å². The summed E-state index contributed by atoms with van der Waals surface area (Å²) in [7, 11) is 0. The topological polar surface area (TPSA) is 69.8 Å². The van der Waals surface area contributed by atoms with E-state index in [1.165, 1.54) is 12.1 Å². The van der Waals surface area contributed by atoms with Gasteiger partial charge in [-0.25, -0.2) is 4.98 Å². The second-order valence-electron chi connectivity index (χ2n) is 8.35. The first-order valence-electron chi connectivity index (χ1n) is 11.2. The van der Waals surface area contributed by atoms with Gasteiger partial charge in [0.2, 0.25) is 0 Å². The fourth-order valence-corrected chi connectivity index (χ4v) is 3.92. The number of aromatic nitrogens is 2. The lowest BCUT2D eigenvalue weighted by atomic mass is 10.1. The molecule has 1 amide bonds.